The molecule has 0 unspecified atom stereocenters. The molecule has 2 heterocycles. The molecule has 1 aliphatic heterocycles. The average Bonchev–Trinajstić information content (AvgIpc) is 3.28. The Morgan fingerprint density at radius 3 is 2.50 bits per heavy atom. The number of aromatic nitrogens is 2. The van der Waals surface area contributed by atoms with Crippen molar-refractivity contribution in [3.8, 4) is 0 Å². The zero-order valence-corrected chi connectivity index (χ0v) is 18.1. The van der Waals surface area contributed by atoms with Crippen molar-refractivity contribution in [3.63, 3.8) is 0 Å². The van der Waals surface area contributed by atoms with Crippen molar-refractivity contribution in [2.45, 2.75) is 19.1 Å². The second-order valence-corrected chi connectivity index (χ2v) is 7.66. The molecule has 0 fully saturated rings. The zero-order chi connectivity index (χ0) is 22.5. The summed E-state index contributed by atoms with van der Waals surface area (Å²) in [5.74, 6) is -0.399. The van der Waals surface area contributed by atoms with Gasteiger partial charge in [0.15, 0.2) is 0 Å². The molecule has 32 heavy (non-hydrogen) atoms. The zero-order valence-electron chi connectivity index (χ0n) is 18.1. The summed E-state index contributed by atoms with van der Waals surface area (Å²) in [5, 5.41) is 0. The highest BCUT2D eigenvalue weighted by Crippen LogP contribution is 2.33. The topological polar surface area (TPSA) is 73.7 Å². The van der Waals surface area contributed by atoms with E-state index in [4.69, 9.17) is 9.47 Å². The van der Waals surface area contributed by atoms with Crippen molar-refractivity contribution < 1.29 is 19.1 Å². The van der Waals surface area contributed by atoms with Crippen LogP contribution < -0.4 is 0 Å². The van der Waals surface area contributed by atoms with Gasteiger partial charge in [-0.1, -0.05) is 48.5 Å². The van der Waals surface area contributed by atoms with Crippen LogP contribution in [-0.4, -0.2) is 40.2 Å². The molecule has 1 aliphatic rings. The molecule has 0 aliphatic carbocycles. The molecule has 4 rings (SSSR count). The molecule has 1 atom stereocenters. The average molecular weight is 431 g/mol. The fraction of sp³-hybridized carbons (Fsp3) is 0.240. The minimum Gasteiger partial charge on any atom is -0.465 e. The Morgan fingerprint density at radius 1 is 1.09 bits per heavy atom. The van der Waals surface area contributed by atoms with Gasteiger partial charge in [0.1, 0.15) is 6.61 Å². The Morgan fingerprint density at radius 2 is 1.84 bits per heavy atom. The molecule has 164 valence electrons. The molecule has 1 amide bonds. The van der Waals surface area contributed by atoms with Crippen LogP contribution in [-0.2, 0) is 23.1 Å². The van der Waals surface area contributed by atoms with E-state index in [0.29, 0.717) is 18.5 Å². The van der Waals surface area contributed by atoms with Crippen LogP contribution in [0.5, 0.6) is 0 Å². The standard InChI is InChI=1S/C25H25N3O4/c1-27-15-22(26-17-27)21-12-13-28(25(30)32-16-18-6-4-3-5-7-18)23(14-21)19-8-10-20(11-9-19)24(29)31-2/h3-11,14-15,17,23H,12-13,16H2,1-2H3/t23-/m0/s1. The highest BCUT2D eigenvalue weighted by molar-refractivity contribution is 5.89. The Kier molecular flexibility index (Phi) is 6.35. The maximum atomic E-state index is 13.0. The summed E-state index contributed by atoms with van der Waals surface area (Å²) < 4.78 is 12.3. The number of carbonyl (C=O) groups excluding carboxylic acids is 2. The quantitative estimate of drug-likeness (QED) is 0.561. The molecule has 1 aromatic heterocycles. The van der Waals surface area contributed by atoms with Crippen LogP contribution in [0.4, 0.5) is 4.79 Å². The lowest BCUT2D eigenvalue weighted by Crippen LogP contribution is -2.37. The first-order valence-electron chi connectivity index (χ1n) is 10.4. The monoisotopic (exact) mass is 431 g/mol. The van der Waals surface area contributed by atoms with Gasteiger partial charge in [-0.3, -0.25) is 4.90 Å². The molecular weight excluding hydrogens is 406 g/mol. The summed E-state index contributed by atoms with van der Waals surface area (Å²) in [6.45, 7) is 0.709. The predicted octanol–water partition coefficient (Wildman–Crippen LogP) is 4.37. The van der Waals surface area contributed by atoms with E-state index in [-0.39, 0.29) is 18.7 Å². The third-order valence-corrected chi connectivity index (χ3v) is 5.46. The maximum Gasteiger partial charge on any atom is 0.410 e. The minimum absolute atomic E-state index is 0.209. The van der Waals surface area contributed by atoms with Gasteiger partial charge in [0, 0.05) is 19.8 Å². The number of imidazole rings is 1. The third-order valence-electron chi connectivity index (χ3n) is 5.46. The lowest BCUT2D eigenvalue weighted by Gasteiger charge is -2.34. The van der Waals surface area contributed by atoms with Crippen molar-refractivity contribution in [2.75, 3.05) is 13.7 Å². The number of nitrogens with zero attached hydrogens (tertiary/aromatic N) is 3. The third kappa shape index (κ3) is 4.72. The first-order chi connectivity index (χ1) is 15.5. The van der Waals surface area contributed by atoms with Crippen LogP contribution in [0.3, 0.4) is 0 Å². The van der Waals surface area contributed by atoms with Gasteiger partial charge in [-0.2, -0.15) is 0 Å². The molecule has 3 aromatic rings. The van der Waals surface area contributed by atoms with Crippen molar-refractivity contribution in [2.24, 2.45) is 7.05 Å². The number of benzene rings is 2. The highest BCUT2D eigenvalue weighted by atomic mass is 16.6. The largest absolute Gasteiger partial charge is 0.465 e. The maximum absolute atomic E-state index is 13.0. The fourth-order valence-electron chi connectivity index (χ4n) is 3.75. The van der Waals surface area contributed by atoms with E-state index in [9.17, 15) is 9.59 Å². The highest BCUT2D eigenvalue weighted by Gasteiger charge is 2.30. The van der Waals surface area contributed by atoms with Gasteiger partial charge in [-0.05, 0) is 35.3 Å². The second kappa shape index (κ2) is 9.51. The van der Waals surface area contributed by atoms with Crippen LogP contribution in [0.15, 0.2) is 73.2 Å². The molecule has 7 heteroatoms. The van der Waals surface area contributed by atoms with E-state index in [1.807, 2.05) is 66.4 Å². The molecule has 0 saturated carbocycles. The number of ether oxygens (including phenoxy) is 2. The van der Waals surface area contributed by atoms with E-state index in [1.54, 1.807) is 23.4 Å². The van der Waals surface area contributed by atoms with Crippen LogP contribution in [0.25, 0.3) is 5.57 Å². The Labute approximate surface area is 186 Å². The Hall–Kier alpha value is -3.87. The molecule has 0 N–H and O–H groups in total. The van der Waals surface area contributed by atoms with Crippen molar-refractivity contribution in [3.05, 3.63) is 95.6 Å². The summed E-state index contributed by atoms with van der Waals surface area (Å²) in [7, 11) is 3.28. The van der Waals surface area contributed by atoms with E-state index in [0.717, 1.165) is 22.4 Å². The molecule has 0 spiro atoms. The molecule has 0 bridgehead atoms. The van der Waals surface area contributed by atoms with Crippen molar-refractivity contribution in [1.82, 2.24) is 14.5 Å². The minimum atomic E-state index is -0.399. The van der Waals surface area contributed by atoms with Crippen LogP contribution in [0.2, 0.25) is 0 Å². The van der Waals surface area contributed by atoms with E-state index in [1.165, 1.54) is 7.11 Å². The van der Waals surface area contributed by atoms with Gasteiger partial charge in [0.2, 0.25) is 0 Å². The van der Waals surface area contributed by atoms with Gasteiger partial charge >= 0.3 is 12.1 Å². The van der Waals surface area contributed by atoms with Gasteiger partial charge in [0.05, 0.1) is 30.7 Å². The Bertz CT molecular complexity index is 1120. The number of hydrogen-bond acceptors (Lipinski definition) is 5. The number of esters is 1. The van der Waals surface area contributed by atoms with Crippen molar-refractivity contribution >= 4 is 17.6 Å². The molecule has 2 aromatic carbocycles. The van der Waals surface area contributed by atoms with Crippen LogP contribution in [0, 0.1) is 0 Å². The molecule has 7 nitrogen and oxygen atoms in total. The number of aryl methyl sites for hydroxylation is 1. The SMILES string of the molecule is COC(=O)c1ccc([C@@H]2C=C(c3cn(C)cn3)CCN2C(=O)OCc2ccccc2)cc1. The lowest BCUT2D eigenvalue weighted by molar-refractivity contribution is 0.0600. The first-order valence-corrected chi connectivity index (χ1v) is 10.4. The first kappa shape index (κ1) is 21.4. The number of methoxy groups -OCH3 is 1. The summed E-state index contributed by atoms with van der Waals surface area (Å²) >= 11 is 0. The summed E-state index contributed by atoms with van der Waals surface area (Å²) in [5.41, 5.74) is 4.23. The fourth-order valence-corrected chi connectivity index (χ4v) is 3.75. The number of carbonyl (C=O) groups is 2. The molecule has 0 radical (unpaired) electrons. The summed E-state index contributed by atoms with van der Waals surface area (Å²) in [6, 6.07) is 16.4. The normalized spacial score (nSPS) is 15.8. The van der Waals surface area contributed by atoms with Gasteiger partial charge in [-0.25, -0.2) is 14.6 Å². The summed E-state index contributed by atoms with van der Waals surface area (Å²) in [4.78, 5) is 31.0. The van der Waals surface area contributed by atoms with Gasteiger partial charge in [-0.15, -0.1) is 0 Å². The van der Waals surface area contributed by atoms with Gasteiger partial charge < -0.3 is 14.0 Å². The lowest BCUT2D eigenvalue weighted by atomic mass is 9.94. The van der Waals surface area contributed by atoms with E-state index >= 15 is 0 Å². The molecule has 0 saturated heterocycles. The Balaban J connectivity index is 1.60. The van der Waals surface area contributed by atoms with Gasteiger partial charge in [0.25, 0.3) is 0 Å². The van der Waals surface area contributed by atoms with E-state index in [2.05, 4.69) is 4.98 Å². The number of rotatable bonds is 5. The smallest absolute Gasteiger partial charge is 0.410 e. The van der Waals surface area contributed by atoms with Crippen LogP contribution >= 0.6 is 0 Å². The van der Waals surface area contributed by atoms with Crippen molar-refractivity contribution in [1.29, 1.82) is 0 Å². The second-order valence-electron chi connectivity index (χ2n) is 7.66. The number of hydrogen-bond donors (Lipinski definition) is 0. The van der Waals surface area contributed by atoms with E-state index < -0.39 is 5.97 Å². The molecular formula is C25H25N3O4. The predicted molar refractivity (Wildman–Crippen MR) is 120 cm³/mol. The van der Waals surface area contributed by atoms with Crippen LogP contribution in [0.1, 0.15) is 39.6 Å². The number of amides is 1. The summed E-state index contributed by atoms with van der Waals surface area (Å²) in [6.07, 6.45) is 6.06.